The van der Waals surface area contributed by atoms with Crippen LogP contribution in [0.3, 0.4) is 0 Å². The molecule has 0 radical (unpaired) electrons. The van der Waals surface area contributed by atoms with Gasteiger partial charge in [0.05, 0.1) is 12.9 Å². The Hall–Kier alpha value is -1.96. The van der Waals surface area contributed by atoms with Crippen LogP contribution in [0.4, 0.5) is 5.82 Å². The second-order valence-electron chi connectivity index (χ2n) is 9.62. The lowest BCUT2D eigenvalue weighted by molar-refractivity contribution is -0.0483. The van der Waals surface area contributed by atoms with Crippen LogP contribution in [0.15, 0.2) is 36.7 Å². The number of ether oxygens (including phenoxy) is 1. The van der Waals surface area contributed by atoms with Crippen LogP contribution in [0, 0.1) is 0 Å². The van der Waals surface area contributed by atoms with Gasteiger partial charge in [-0.2, -0.15) is 9.97 Å². The van der Waals surface area contributed by atoms with Crippen molar-refractivity contribution in [3.8, 4) is 0 Å². The molecule has 17 heteroatoms. The van der Waals surface area contributed by atoms with Crippen LogP contribution in [-0.4, -0.2) is 88.3 Å². The summed E-state index contributed by atoms with van der Waals surface area (Å²) in [5, 5.41) is 21.2. The minimum atomic E-state index is -4.83. The van der Waals surface area contributed by atoms with E-state index in [0.717, 1.165) is 19.4 Å². The van der Waals surface area contributed by atoms with Crippen LogP contribution in [0.25, 0.3) is 11.2 Å². The minimum absolute atomic E-state index is 0.0485. The predicted octanol–water partition coefficient (Wildman–Crippen LogP) is 1.82. The molecule has 2 aliphatic heterocycles. The fraction of sp³-hybridized carbons (Fsp3) is 0.500. The van der Waals surface area contributed by atoms with Gasteiger partial charge in [0.1, 0.15) is 18.3 Å². The number of hydrogen-bond acceptors (Lipinski definition) is 10. The molecule has 39 heavy (non-hydrogen) atoms. The van der Waals surface area contributed by atoms with E-state index in [1.165, 1.54) is 16.5 Å². The van der Waals surface area contributed by atoms with E-state index in [1.54, 1.807) is 0 Å². The number of rotatable bonds is 8. The van der Waals surface area contributed by atoms with E-state index in [2.05, 4.69) is 32.0 Å². The number of hydrogen-bond donors (Lipinski definition) is 5. The number of fused-ring (bicyclic) bond motifs is 1. The Morgan fingerprint density at radius 1 is 1.10 bits per heavy atom. The Bertz CT molecular complexity index is 1420. The van der Waals surface area contributed by atoms with Gasteiger partial charge in [0.25, 0.3) is 0 Å². The van der Waals surface area contributed by atoms with Gasteiger partial charge in [-0.05, 0) is 30.0 Å². The molecule has 1 aromatic carbocycles. The number of anilines is 1. The first-order chi connectivity index (χ1) is 18.4. The molecule has 2 aromatic heterocycles. The van der Waals surface area contributed by atoms with Crippen LogP contribution < -0.4 is 4.90 Å². The van der Waals surface area contributed by atoms with Gasteiger partial charge in [0.15, 0.2) is 29.1 Å². The van der Waals surface area contributed by atoms with Crippen molar-refractivity contribution in [3.63, 3.8) is 0 Å². The highest BCUT2D eigenvalue weighted by Crippen LogP contribution is 2.55. The molecule has 0 amide bonds. The highest BCUT2D eigenvalue weighted by molar-refractivity contribution is 7.70. The maximum atomic E-state index is 12.0. The summed E-state index contributed by atoms with van der Waals surface area (Å²) >= 11 is 6.29. The van der Waals surface area contributed by atoms with Crippen LogP contribution in [0.2, 0.25) is 5.28 Å². The van der Waals surface area contributed by atoms with Crippen LogP contribution in [0.5, 0.6) is 0 Å². The quantitative estimate of drug-likeness (QED) is 0.184. The molecular formula is C22H28ClN5O9P2. The molecule has 212 valence electrons. The van der Waals surface area contributed by atoms with E-state index in [4.69, 9.17) is 30.6 Å². The zero-order valence-electron chi connectivity index (χ0n) is 20.5. The molecule has 3 aromatic rings. The molecule has 5 rings (SSSR count). The zero-order valence-corrected chi connectivity index (χ0v) is 23.0. The van der Waals surface area contributed by atoms with Crippen molar-refractivity contribution in [1.29, 1.82) is 0 Å². The fourth-order valence-corrected chi connectivity index (χ4v) is 7.74. The van der Waals surface area contributed by atoms with Gasteiger partial charge in [-0.15, -0.1) is 0 Å². The summed E-state index contributed by atoms with van der Waals surface area (Å²) in [7, 11) is -9.52. The van der Waals surface area contributed by atoms with Gasteiger partial charge >= 0.3 is 15.2 Å². The summed E-state index contributed by atoms with van der Waals surface area (Å²) in [5.74, 6) is -0.577. The zero-order chi connectivity index (χ0) is 27.9. The van der Waals surface area contributed by atoms with Gasteiger partial charge in [-0.3, -0.25) is 13.7 Å². The lowest BCUT2D eigenvalue weighted by Crippen LogP contribution is -2.35. The Kier molecular flexibility index (Phi) is 8.16. The van der Waals surface area contributed by atoms with Crippen LogP contribution >= 0.6 is 26.8 Å². The van der Waals surface area contributed by atoms with E-state index in [0.29, 0.717) is 17.9 Å². The Labute approximate surface area is 227 Å². The van der Waals surface area contributed by atoms with E-state index < -0.39 is 52.2 Å². The Balaban J connectivity index is 1.37. The third kappa shape index (κ3) is 6.36. The number of aliphatic hydroxyl groups excluding tert-OH is 2. The highest BCUT2D eigenvalue weighted by Gasteiger charge is 2.46. The van der Waals surface area contributed by atoms with Gasteiger partial charge < -0.3 is 39.1 Å². The van der Waals surface area contributed by atoms with Crippen molar-refractivity contribution >= 4 is 43.8 Å². The predicted molar refractivity (Wildman–Crippen MR) is 140 cm³/mol. The van der Waals surface area contributed by atoms with Crippen molar-refractivity contribution in [2.24, 2.45) is 0 Å². The first-order valence-electron chi connectivity index (χ1n) is 12.1. The normalized spacial score (nSPS) is 27.6. The molecule has 14 nitrogen and oxygen atoms in total. The van der Waals surface area contributed by atoms with Gasteiger partial charge in [0, 0.05) is 19.0 Å². The number of aromatic nitrogens is 4. The molecule has 6 atom stereocenters. The molecule has 2 aliphatic rings. The monoisotopic (exact) mass is 603 g/mol. The fourth-order valence-electron chi connectivity index (χ4n) is 5.01. The average molecular weight is 604 g/mol. The lowest BCUT2D eigenvalue weighted by atomic mass is 9.91. The third-order valence-electron chi connectivity index (χ3n) is 6.78. The van der Waals surface area contributed by atoms with Crippen molar-refractivity contribution < 1.29 is 43.3 Å². The molecule has 2 fully saturated rings. The van der Waals surface area contributed by atoms with Crippen LogP contribution in [0.1, 0.15) is 30.6 Å². The number of halogens is 1. The first kappa shape index (κ1) is 28.6. The van der Waals surface area contributed by atoms with E-state index in [-0.39, 0.29) is 16.8 Å². The van der Waals surface area contributed by atoms with Gasteiger partial charge in [-0.1, -0.05) is 30.3 Å². The summed E-state index contributed by atoms with van der Waals surface area (Å²) in [6, 6.07) is 10.2. The number of aliphatic hydroxyl groups is 2. The molecule has 4 unspecified atom stereocenters. The highest BCUT2D eigenvalue weighted by atomic mass is 35.5. The molecular weight excluding hydrogens is 576 g/mol. The van der Waals surface area contributed by atoms with E-state index in [1.807, 2.05) is 18.2 Å². The molecule has 0 spiro atoms. The smallest absolute Gasteiger partial charge is 0.340 e. The van der Waals surface area contributed by atoms with Crippen molar-refractivity contribution in [2.45, 2.75) is 43.3 Å². The average Bonchev–Trinajstić information content (AvgIpc) is 3.42. The molecule has 0 bridgehead atoms. The molecule has 0 saturated carbocycles. The number of imidazole rings is 1. The molecule has 4 heterocycles. The van der Waals surface area contributed by atoms with E-state index >= 15 is 0 Å². The van der Waals surface area contributed by atoms with Crippen molar-refractivity contribution in [2.75, 3.05) is 30.5 Å². The Morgan fingerprint density at radius 2 is 1.85 bits per heavy atom. The maximum absolute atomic E-state index is 12.0. The lowest BCUT2D eigenvalue weighted by Gasteiger charge is -2.34. The molecule has 2 saturated heterocycles. The van der Waals surface area contributed by atoms with Gasteiger partial charge in [0.2, 0.25) is 5.28 Å². The largest absolute Gasteiger partial charge is 0.387 e. The number of piperidine rings is 1. The standard InChI is InChI=1S/C22H28ClN5O9P2/c23-22-25-19(27-8-4-7-14(9-27)13-5-2-1-3-6-13)16-20(26-22)28(11-24-16)21-18(30)17(29)15(37-21)10-36-39(34,35)12-38(31,32)33/h1-3,5-6,11,14-15,17-18,21,29-30H,4,7-10,12H2,(H,34,35)(H2,31,32,33)/t14?,15-,17?,18?,21-/m1/s1. The SMILES string of the molecule is O=P(O)(O)CP(=O)(O)OC[C@H]1O[C@@H](n2cnc3c(N4CCCC(c5ccccc5)C4)nc(Cl)nc32)C(O)C1O. The number of nitrogens with zero attached hydrogens (tertiary/aromatic N) is 5. The summed E-state index contributed by atoms with van der Waals surface area (Å²) < 4.78 is 34.9. The number of benzene rings is 1. The Morgan fingerprint density at radius 3 is 2.56 bits per heavy atom. The molecule has 5 N–H and O–H groups in total. The minimum Gasteiger partial charge on any atom is -0.387 e. The summed E-state index contributed by atoms with van der Waals surface area (Å²) in [5.41, 5.74) is 1.89. The van der Waals surface area contributed by atoms with Crippen molar-refractivity contribution in [3.05, 3.63) is 47.5 Å². The molecule has 0 aliphatic carbocycles. The van der Waals surface area contributed by atoms with E-state index in [9.17, 15) is 24.2 Å². The summed E-state index contributed by atoms with van der Waals surface area (Å²) in [4.78, 5) is 42.9. The second-order valence-corrected chi connectivity index (χ2v) is 14.0. The maximum Gasteiger partial charge on any atom is 0.340 e. The second kappa shape index (κ2) is 11.1. The van der Waals surface area contributed by atoms with Crippen LogP contribution in [-0.2, 0) is 18.4 Å². The topological polar surface area (TPSA) is 201 Å². The van der Waals surface area contributed by atoms with Gasteiger partial charge in [-0.25, -0.2) is 4.98 Å². The van der Waals surface area contributed by atoms with Crippen molar-refractivity contribution in [1.82, 2.24) is 19.5 Å². The third-order valence-corrected chi connectivity index (χ3v) is 10.4. The summed E-state index contributed by atoms with van der Waals surface area (Å²) in [6.07, 6.45) is -2.24. The summed E-state index contributed by atoms with van der Waals surface area (Å²) in [6.45, 7) is 0.718. The first-order valence-corrected chi connectivity index (χ1v) is 16.1.